The molecule has 2 heterocycles. The van der Waals surface area contributed by atoms with Gasteiger partial charge in [0.05, 0.1) is 10.7 Å². The fraction of sp³-hybridized carbons (Fsp3) is 0.471. The summed E-state index contributed by atoms with van der Waals surface area (Å²) in [7, 11) is -3.65. The van der Waals surface area contributed by atoms with Crippen LogP contribution in [0.2, 0.25) is 10.0 Å². The van der Waals surface area contributed by atoms with Crippen LogP contribution in [0.1, 0.15) is 22.6 Å². The van der Waals surface area contributed by atoms with Crippen LogP contribution in [-0.4, -0.2) is 49.0 Å². The molecule has 1 aliphatic rings. The van der Waals surface area contributed by atoms with Crippen molar-refractivity contribution in [2.45, 2.75) is 32.2 Å². The van der Waals surface area contributed by atoms with Gasteiger partial charge >= 0.3 is 0 Å². The van der Waals surface area contributed by atoms with Gasteiger partial charge in [0.15, 0.2) is 0 Å². The van der Waals surface area contributed by atoms with E-state index in [2.05, 4.69) is 10.1 Å². The monoisotopic (exact) mass is 417 g/mol. The van der Waals surface area contributed by atoms with Gasteiger partial charge in [0.2, 0.25) is 10.0 Å². The van der Waals surface area contributed by atoms with E-state index in [-0.39, 0.29) is 9.92 Å². The molecule has 0 bridgehead atoms. The highest BCUT2D eigenvalue weighted by Gasteiger charge is 2.31. The van der Waals surface area contributed by atoms with E-state index in [4.69, 9.17) is 27.7 Å². The Morgan fingerprint density at radius 1 is 1.08 bits per heavy atom. The van der Waals surface area contributed by atoms with E-state index in [9.17, 15) is 8.42 Å². The van der Waals surface area contributed by atoms with E-state index < -0.39 is 10.0 Å². The Hall–Kier alpha value is -1.12. The van der Waals surface area contributed by atoms with E-state index >= 15 is 0 Å². The predicted molar refractivity (Wildman–Crippen MR) is 101 cm³/mol. The second kappa shape index (κ2) is 7.48. The zero-order valence-electron chi connectivity index (χ0n) is 14.9. The van der Waals surface area contributed by atoms with Crippen molar-refractivity contribution in [3.05, 3.63) is 44.8 Å². The topological polar surface area (TPSA) is 66.7 Å². The van der Waals surface area contributed by atoms with Crippen molar-refractivity contribution in [3.63, 3.8) is 0 Å². The van der Waals surface area contributed by atoms with Gasteiger partial charge in [0, 0.05) is 43.3 Å². The van der Waals surface area contributed by atoms with E-state index in [0.717, 1.165) is 17.0 Å². The molecule has 26 heavy (non-hydrogen) atoms. The largest absolute Gasteiger partial charge is 0.361 e. The van der Waals surface area contributed by atoms with Gasteiger partial charge < -0.3 is 4.52 Å². The van der Waals surface area contributed by atoms with E-state index in [1.54, 1.807) is 6.92 Å². The number of rotatable bonds is 4. The fourth-order valence-electron chi connectivity index (χ4n) is 3.05. The van der Waals surface area contributed by atoms with Crippen LogP contribution in [-0.2, 0) is 16.6 Å². The molecule has 0 atom stereocenters. The highest BCUT2D eigenvalue weighted by Crippen LogP contribution is 2.30. The van der Waals surface area contributed by atoms with Gasteiger partial charge in [0.1, 0.15) is 10.7 Å². The molecule has 6 nitrogen and oxygen atoms in total. The van der Waals surface area contributed by atoms with E-state index in [1.807, 2.05) is 13.8 Å². The summed E-state index contributed by atoms with van der Waals surface area (Å²) in [5.41, 5.74) is 2.63. The lowest BCUT2D eigenvalue weighted by Crippen LogP contribution is -2.48. The van der Waals surface area contributed by atoms with Crippen LogP contribution in [0.3, 0.4) is 0 Å². The zero-order valence-corrected chi connectivity index (χ0v) is 17.2. The molecule has 0 unspecified atom stereocenters. The molecule has 142 valence electrons. The molecule has 0 aliphatic carbocycles. The van der Waals surface area contributed by atoms with Crippen LogP contribution in [0.5, 0.6) is 0 Å². The normalized spacial score (nSPS) is 17.0. The van der Waals surface area contributed by atoms with Gasteiger partial charge in [-0.2, -0.15) is 4.31 Å². The Kier molecular flexibility index (Phi) is 5.65. The third kappa shape index (κ3) is 3.77. The Morgan fingerprint density at radius 2 is 1.73 bits per heavy atom. The van der Waals surface area contributed by atoms with Crippen molar-refractivity contribution < 1.29 is 12.9 Å². The van der Waals surface area contributed by atoms with Crippen LogP contribution in [0.4, 0.5) is 0 Å². The van der Waals surface area contributed by atoms with Crippen molar-refractivity contribution in [2.24, 2.45) is 0 Å². The molecule has 1 aromatic heterocycles. The Labute approximate surface area is 163 Å². The maximum atomic E-state index is 13.0. The summed E-state index contributed by atoms with van der Waals surface area (Å²) in [6.45, 7) is 8.35. The second-order valence-electron chi connectivity index (χ2n) is 6.51. The van der Waals surface area contributed by atoms with E-state index in [0.29, 0.717) is 43.3 Å². The van der Waals surface area contributed by atoms with Gasteiger partial charge in [-0.3, -0.25) is 4.90 Å². The van der Waals surface area contributed by atoms with Gasteiger partial charge in [0.25, 0.3) is 0 Å². The molecule has 0 spiro atoms. The lowest BCUT2D eigenvalue weighted by Gasteiger charge is -2.34. The number of aryl methyl sites for hydroxylation is 3. The van der Waals surface area contributed by atoms with Gasteiger partial charge in [-0.05, 0) is 38.5 Å². The highest BCUT2D eigenvalue weighted by atomic mass is 35.5. The van der Waals surface area contributed by atoms with Crippen molar-refractivity contribution in [3.8, 4) is 0 Å². The minimum atomic E-state index is -3.65. The first kappa shape index (κ1) is 19.6. The molecular formula is C17H21Cl2N3O3S. The lowest BCUT2D eigenvalue weighted by molar-refractivity contribution is 0.180. The molecule has 2 aromatic rings. The Bertz CT molecular complexity index is 900. The number of aromatic nitrogens is 1. The molecule has 0 N–H and O–H groups in total. The Balaban J connectivity index is 1.72. The summed E-state index contributed by atoms with van der Waals surface area (Å²) in [5.74, 6) is 0.806. The first-order valence-corrected chi connectivity index (χ1v) is 10.5. The van der Waals surface area contributed by atoms with Gasteiger partial charge in [-0.1, -0.05) is 28.4 Å². The summed E-state index contributed by atoms with van der Waals surface area (Å²) >= 11 is 12.2. The number of hydrogen-bond donors (Lipinski definition) is 0. The molecule has 0 amide bonds. The number of sulfonamides is 1. The van der Waals surface area contributed by atoms with Crippen LogP contribution in [0.15, 0.2) is 21.6 Å². The number of benzene rings is 1. The third-order valence-corrected chi connectivity index (χ3v) is 7.50. The van der Waals surface area contributed by atoms with Crippen molar-refractivity contribution in [2.75, 3.05) is 26.2 Å². The molecular weight excluding hydrogens is 397 g/mol. The molecule has 3 rings (SSSR count). The summed E-state index contributed by atoms with van der Waals surface area (Å²) in [4.78, 5) is 2.31. The number of nitrogens with zero attached hydrogens (tertiary/aromatic N) is 3. The summed E-state index contributed by atoms with van der Waals surface area (Å²) in [6, 6.07) is 3.02. The fourth-order valence-corrected chi connectivity index (χ4v) is 5.28. The summed E-state index contributed by atoms with van der Waals surface area (Å²) in [5, 5.41) is 4.58. The maximum absolute atomic E-state index is 13.0. The van der Waals surface area contributed by atoms with Crippen LogP contribution < -0.4 is 0 Å². The first-order valence-electron chi connectivity index (χ1n) is 8.30. The summed E-state index contributed by atoms with van der Waals surface area (Å²) < 4.78 is 32.6. The maximum Gasteiger partial charge on any atom is 0.244 e. The minimum absolute atomic E-state index is 0.111. The molecule has 0 radical (unpaired) electrons. The minimum Gasteiger partial charge on any atom is -0.361 e. The van der Waals surface area contributed by atoms with Gasteiger partial charge in [-0.15, -0.1) is 0 Å². The molecule has 1 aromatic carbocycles. The highest BCUT2D eigenvalue weighted by molar-refractivity contribution is 7.89. The molecule has 0 saturated carbocycles. The Morgan fingerprint density at radius 3 is 2.31 bits per heavy atom. The number of hydrogen-bond acceptors (Lipinski definition) is 5. The van der Waals surface area contributed by atoms with Crippen LogP contribution >= 0.6 is 23.2 Å². The second-order valence-corrected chi connectivity index (χ2v) is 9.24. The van der Waals surface area contributed by atoms with Gasteiger partial charge in [-0.25, -0.2) is 8.42 Å². The molecule has 1 fully saturated rings. The average Bonchev–Trinajstić information content (AvgIpc) is 2.90. The molecule has 1 saturated heterocycles. The average molecular weight is 418 g/mol. The van der Waals surface area contributed by atoms with Crippen LogP contribution in [0.25, 0.3) is 0 Å². The number of halogens is 2. The van der Waals surface area contributed by atoms with Crippen molar-refractivity contribution >= 4 is 33.2 Å². The summed E-state index contributed by atoms with van der Waals surface area (Å²) in [6.07, 6.45) is 0. The SMILES string of the molecule is Cc1cc(S(=O)(=O)N2CCN(Cc3c(C)noc3C)CC2)c(Cl)cc1Cl. The van der Waals surface area contributed by atoms with Crippen molar-refractivity contribution in [1.29, 1.82) is 0 Å². The smallest absolute Gasteiger partial charge is 0.244 e. The zero-order chi connectivity index (χ0) is 19.1. The van der Waals surface area contributed by atoms with Crippen LogP contribution in [0, 0.1) is 20.8 Å². The predicted octanol–water partition coefficient (Wildman–Crippen LogP) is 3.41. The number of piperazine rings is 1. The lowest BCUT2D eigenvalue weighted by atomic mass is 10.2. The third-order valence-electron chi connectivity index (χ3n) is 4.73. The standard InChI is InChI=1S/C17H21Cl2N3O3S/c1-11-8-17(16(19)9-15(11)18)26(23,24)22-6-4-21(5-7-22)10-14-12(2)20-25-13(14)3/h8-9H,4-7,10H2,1-3H3. The van der Waals surface area contributed by atoms with E-state index in [1.165, 1.54) is 16.4 Å². The molecule has 9 heteroatoms. The van der Waals surface area contributed by atoms with Crippen molar-refractivity contribution in [1.82, 2.24) is 14.4 Å². The molecule has 1 aliphatic heterocycles. The quantitative estimate of drug-likeness (QED) is 0.762. The first-order chi connectivity index (χ1) is 12.2.